The lowest BCUT2D eigenvalue weighted by molar-refractivity contribution is -0.137. The van der Waals surface area contributed by atoms with E-state index >= 15 is 0 Å². The number of hydrogen-bond donors (Lipinski definition) is 0. The number of sulfone groups is 1. The van der Waals surface area contributed by atoms with Gasteiger partial charge in [-0.15, -0.1) is 0 Å². The second-order valence-electron chi connectivity index (χ2n) is 8.13. The predicted molar refractivity (Wildman–Crippen MR) is 121 cm³/mol. The molecule has 10 heteroatoms. The zero-order valence-electron chi connectivity index (χ0n) is 18.4. The van der Waals surface area contributed by atoms with Crippen LogP contribution in [0, 0.1) is 0 Å². The molecule has 4 rings (SSSR count). The first-order valence-electron chi connectivity index (χ1n) is 10.6. The Labute approximate surface area is 195 Å². The summed E-state index contributed by atoms with van der Waals surface area (Å²) in [5.74, 6) is -0.369. The van der Waals surface area contributed by atoms with Crippen LogP contribution < -0.4 is 4.90 Å². The third kappa shape index (κ3) is 5.19. The van der Waals surface area contributed by atoms with E-state index in [0.29, 0.717) is 49.5 Å². The van der Waals surface area contributed by atoms with Crippen molar-refractivity contribution in [1.29, 1.82) is 0 Å². The Bertz CT molecular complexity index is 1260. The van der Waals surface area contributed by atoms with Gasteiger partial charge in [-0.25, -0.2) is 8.42 Å². The Morgan fingerprint density at radius 1 is 1.03 bits per heavy atom. The van der Waals surface area contributed by atoms with Gasteiger partial charge in [-0.2, -0.15) is 13.2 Å². The van der Waals surface area contributed by atoms with Gasteiger partial charge < -0.3 is 14.5 Å². The maximum Gasteiger partial charge on any atom is 0.416 e. The zero-order chi connectivity index (χ0) is 24.5. The number of rotatable bonds is 4. The summed E-state index contributed by atoms with van der Waals surface area (Å²) in [6.45, 7) is 2.45. The largest absolute Gasteiger partial charge is 0.416 e. The minimum Gasteiger partial charge on any atom is -0.378 e. The maximum atomic E-state index is 13.4. The number of benzene rings is 2. The van der Waals surface area contributed by atoms with Gasteiger partial charge in [0.25, 0.3) is 5.91 Å². The molecule has 1 amide bonds. The van der Waals surface area contributed by atoms with Crippen molar-refractivity contribution >= 4 is 27.0 Å². The number of hydrogen-bond acceptors (Lipinski definition) is 5. The highest BCUT2D eigenvalue weighted by Crippen LogP contribution is 2.32. The van der Waals surface area contributed by atoms with Crippen LogP contribution in [-0.2, 0) is 20.8 Å². The molecular formula is C24H23F3N2O4S. The Kier molecular flexibility index (Phi) is 6.58. The molecule has 0 saturated carbocycles. The third-order valence-electron chi connectivity index (χ3n) is 5.80. The Balaban J connectivity index is 1.64. The first-order valence-corrected chi connectivity index (χ1v) is 12.5. The van der Waals surface area contributed by atoms with E-state index in [1.54, 1.807) is 6.07 Å². The lowest BCUT2D eigenvalue weighted by Crippen LogP contribution is -2.38. The van der Waals surface area contributed by atoms with Crippen molar-refractivity contribution in [2.45, 2.75) is 17.5 Å². The van der Waals surface area contributed by atoms with E-state index in [-0.39, 0.29) is 22.9 Å². The van der Waals surface area contributed by atoms with Crippen molar-refractivity contribution in [3.63, 3.8) is 0 Å². The van der Waals surface area contributed by atoms with Crippen molar-refractivity contribution in [1.82, 2.24) is 4.90 Å². The number of halogens is 3. The van der Waals surface area contributed by atoms with Crippen LogP contribution in [0.25, 0.3) is 5.57 Å². The summed E-state index contributed by atoms with van der Waals surface area (Å²) in [5.41, 5.74) is 4.46. The second-order valence-corrected chi connectivity index (χ2v) is 10.1. The van der Waals surface area contributed by atoms with Crippen molar-refractivity contribution in [3.8, 4) is 0 Å². The third-order valence-corrected chi connectivity index (χ3v) is 6.91. The van der Waals surface area contributed by atoms with Crippen LogP contribution in [0.3, 0.4) is 0 Å². The number of anilines is 1. The smallest absolute Gasteiger partial charge is 0.378 e. The molecule has 1 saturated heterocycles. The summed E-state index contributed by atoms with van der Waals surface area (Å²) in [4.78, 5) is 16.9. The molecule has 6 nitrogen and oxygen atoms in total. The highest BCUT2D eigenvalue weighted by atomic mass is 32.2. The van der Waals surface area contributed by atoms with Gasteiger partial charge in [-0.05, 0) is 42.3 Å². The molecule has 0 radical (unpaired) electrons. The standard InChI is InChI=1S/C24H23F3N2O4S/c1-34(31,32)20-6-7-22(28-12-14-33-15-13-28)21(16-20)23(30)29-10-8-18(9-11-29)17-2-4-19(5-3-17)24(25,26)27/h2-7,11,16H,8,10,12-15H2,1H3. The van der Waals surface area contributed by atoms with E-state index in [0.717, 1.165) is 18.4 Å². The van der Waals surface area contributed by atoms with Crippen molar-refractivity contribution in [2.75, 3.05) is 44.0 Å². The number of carbonyl (C=O) groups excluding carboxylic acids is 1. The van der Waals surface area contributed by atoms with E-state index in [1.165, 1.54) is 35.4 Å². The van der Waals surface area contributed by atoms with Gasteiger partial charge in [-0.3, -0.25) is 4.79 Å². The lowest BCUT2D eigenvalue weighted by atomic mass is 10.00. The first kappa shape index (κ1) is 24.1. The van der Waals surface area contributed by atoms with E-state index in [2.05, 4.69) is 5.73 Å². The molecule has 180 valence electrons. The van der Waals surface area contributed by atoms with Gasteiger partial charge in [0.2, 0.25) is 0 Å². The lowest BCUT2D eigenvalue weighted by Gasteiger charge is -2.31. The molecule has 0 spiro atoms. The topological polar surface area (TPSA) is 66.9 Å². The molecule has 0 bridgehead atoms. The molecule has 34 heavy (non-hydrogen) atoms. The second kappa shape index (κ2) is 9.29. The Hall–Kier alpha value is -3.07. The monoisotopic (exact) mass is 492 g/mol. The van der Waals surface area contributed by atoms with Crippen LogP contribution in [0.5, 0.6) is 0 Å². The summed E-state index contributed by atoms with van der Waals surface area (Å²) in [7, 11) is -3.52. The predicted octanol–water partition coefficient (Wildman–Crippen LogP) is 3.99. The normalized spacial score (nSPS) is 17.0. The van der Waals surface area contributed by atoms with Gasteiger partial charge in [0.05, 0.1) is 29.2 Å². The highest BCUT2D eigenvalue weighted by Gasteiger charge is 2.30. The molecule has 0 aliphatic carbocycles. The van der Waals surface area contributed by atoms with E-state index in [9.17, 15) is 26.4 Å². The average molecular weight is 493 g/mol. The van der Waals surface area contributed by atoms with Crippen LogP contribution in [0.2, 0.25) is 0 Å². The Morgan fingerprint density at radius 2 is 1.71 bits per heavy atom. The molecule has 2 aliphatic rings. The molecule has 2 aromatic rings. The summed E-state index contributed by atoms with van der Waals surface area (Å²) in [6.07, 6.45) is -1.45. The fourth-order valence-corrected chi connectivity index (χ4v) is 4.57. The quantitative estimate of drug-likeness (QED) is 0.604. The van der Waals surface area contributed by atoms with Crippen LogP contribution in [0.1, 0.15) is 27.9 Å². The van der Waals surface area contributed by atoms with E-state index in [4.69, 9.17) is 4.74 Å². The van der Waals surface area contributed by atoms with Gasteiger partial charge >= 0.3 is 6.18 Å². The number of alkyl halides is 3. The van der Waals surface area contributed by atoms with Crippen LogP contribution in [0.4, 0.5) is 18.9 Å². The van der Waals surface area contributed by atoms with Gasteiger partial charge in [0, 0.05) is 43.4 Å². The van der Waals surface area contributed by atoms with Gasteiger partial charge in [-0.1, -0.05) is 17.9 Å². The molecule has 0 atom stereocenters. The minimum absolute atomic E-state index is 0.0508. The number of ether oxygens (including phenoxy) is 1. The molecule has 2 aliphatic heterocycles. The van der Waals surface area contributed by atoms with Crippen LogP contribution in [0.15, 0.2) is 59.3 Å². The van der Waals surface area contributed by atoms with Gasteiger partial charge in [0.15, 0.2) is 9.84 Å². The summed E-state index contributed by atoms with van der Waals surface area (Å²) < 4.78 is 68.0. The molecule has 2 aromatic carbocycles. The highest BCUT2D eigenvalue weighted by molar-refractivity contribution is 7.90. The van der Waals surface area contributed by atoms with Gasteiger partial charge in [0.1, 0.15) is 0 Å². The van der Waals surface area contributed by atoms with Crippen molar-refractivity contribution < 1.29 is 31.1 Å². The summed E-state index contributed by atoms with van der Waals surface area (Å²) >= 11 is 0. The SMILES string of the molecule is CS(=O)(=O)c1ccc(N2CCOCC2)c(C(=O)N2C=C=C(c3ccc(C(F)(F)F)cc3)CC2)c1. The molecule has 0 unspecified atom stereocenters. The van der Waals surface area contributed by atoms with Crippen molar-refractivity contribution in [3.05, 3.63) is 71.1 Å². The fraction of sp³-hybridized carbons (Fsp3) is 0.333. The molecule has 0 N–H and O–H groups in total. The van der Waals surface area contributed by atoms with Crippen LogP contribution >= 0.6 is 0 Å². The molecular weight excluding hydrogens is 469 g/mol. The number of amides is 1. The zero-order valence-corrected chi connectivity index (χ0v) is 19.2. The molecule has 1 fully saturated rings. The molecule has 0 aromatic heterocycles. The van der Waals surface area contributed by atoms with Crippen molar-refractivity contribution in [2.24, 2.45) is 0 Å². The number of carbonyl (C=O) groups is 1. The maximum absolute atomic E-state index is 13.4. The van der Waals surface area contributed by atoms with E-state index in [1.807, 2.05) is 4.90 Å². The average Bonchev–Trinajstić information content (AvgIpc) is 2.83. The minimum atomic E-state index is -4.41. The number of morpholine rings is 1. The van der Waals surface area contributed by atoms with Crippen LogP contribution in [-0.4, -0.2) is 58.3 Å². The molecule has 2 heterocycles. The fourth-order valence-electron chi connectivity index (χ4n) is 3.92. The Morgan fingerprint density at radius 3 is 2.26 bits per heavy atom. The number of nitrogens with zero attached hydrogens (tertiary/aromatic N) is 2. The van der Waals surface area contributed by atoms with E-state index < -0.39 is 21.6 Å². The first-order chi connectivity index (χ1) is 16.0. The summed E-state index contributed by atoms with van der Waals surface area (Å²) in [5, 5.41) is 0. The summed E-state index contributed by atoms with van der Waals surface area (Å²) in [6, 6.07) is 9.36.